The molecule has 4 rings (SSSR count). The van der Waals surface area contributed by atoms with Crippen molar-refractivity contribution in [3.05, 3.63) is 60.7 Å². The molecule has 0 spiro atoms. The Bertz CT molecular complexity index is 1140. The zero-order valence-electron chi connectivity index (χ0n) is 25.6. The first-order valence-corrected chi connectivity index (χ1v) is 16.8. The van der Waals surface area contributed by atoms with Crippen molar-refractivity contribution in [2.75, 3.05) is 27.4 Å². The van der Waals surface area contributed by atoms with Crippen molar-refractivity contribution < 1.29 is 38.1 Å². The summed E-state index contributed by atoms with van der Waals surface area (Å²) >= 11 is 0. The molecule has 2 aliphatic heterocycles. The molecule has 0 bridgehead atoms. The minimum atomic E-state index is -2.70. The summed E-state index contributed by atoms with van der Waals surface area (Å²) in [4.78, 5) is 24.3. The molecule has 0 radical (unpaired) electrons. The SMILES string of the molecule is COC(=O)CCC1CC2(CO)OC(CCO[Si](c3ccccc3)(c3ccccc3)C(C)(C)C)CCC2(CC(=O)OC)O1. The zero-order valence-corrected chi connectivity index (χ0v) is 26.6. The van der Waals surface area contributed by atoms with E-state index in [4.69, 9.17) is 23.4 Å². The van der Waals surface area contributed by atoms with Gasteiger partial charge in [0.05, 0.1) is 39.5 Å². The van der Waals surface area contributed by atoms with Crippen LogP contribution in [0.4, 0.5) is 0 Å². The largest absolute Gasteiger partial charge is 0.469 e. The minimum absolute atomic E-state index is 0.0237. The maximum Gasteiger partial charge on any atom is 0.308 e. The van der Waals surface area contributed by atoms with Crippen LogP contribution < -0.4 is 10.4 Å². The Balaban J connectivity index is 1.55. The van der Waals surface area contributed by atoms with E-state index in [9.17, 15) is 14.7 Å². The molecule has 4 unspecified atom stereocenters. The predicted molar refractivity (Wildman–Crippen MR) is 162 cm³/mol. The second kappa shape index (κ2) is 13.4. The fraction of sp³-hybridized carbons (Fsp3) is 0.576. The lowest BCUT2D eigenvalue weighted by molar-refractivity contribution is -0.238. The normalized spacial score (nSPS) is 26.0. The highest BCUT2D eigenvalue weighted by Crippen LogP contribution is 2.52. The number of hydrogen-bond acceptors (Lipinski definition) is 8. The van der Waals surface area contributed by atoms with Gasteiger partial charge in [-0.3, -0.25) is 9.59 Å². The van der Waals surface area contributed by atoms with E-state index in [1.165, 1.54) is 24.6 Å². The summed E-state index contributed by atoms with van der Waals surface area (Å²) in [6, 6.07) is 21.0. The lowest BCUT2D eigenvalue weighted by Crippen LogP contribution is -2.66. The van der Waals surface area contributed by atoms with E-state index in [1.54, 1.807) is 0 Å². The number of rotatable bonds is 12. The van der Waals surface area contributed by atoms with E-state index in [0.29, 0.717) is 38.7 Å². The highest BCUT2D eigenvalue weighted by molar-refractivity contribution is 6.99. The van der Waals surface area contributed by atoms with Crippen molar-refractivity contribution in [1.82, 2.24) is 0 Å². The average Bonchev–Trinajstić information content (AvgIpc) is 3.31. The topological polar surface area (TPSA) is 101 Å². The van der Waals surface area contributed by atoms with Crippen LogP contribution in [0.3, 0.4) is 0 Å². The highest BCUT2D eigenvalue weighted by atomic mass is 28.4. The smallest absolute Gasteiger partial charge is 0.308 e. The molecule has 42 heavy (non-hydrogen) atoms. The number of esters is 2. The van der Waals surface area contributed by atoms with Crippen molar-refractivity contribution in [3.8, 4) is 0 Å². The molecule has 230 valence electrons. The van der Waals surface area contributed by atoms with E-state index < -0.39 is 25.5 Å². The van der Waals surface area contributed by atoms with Crippen LogP contribution in [0.25, 0.3) is 0 Å². The molecule has 0 amide bonds. The number of carbonyl (C=O) groups is 2. The number of hydrogen-bond donors (Lipinski definition) is 1. The van der Waals surface area contributed by atoms with Crippen LogP contribution in [0.15, 0.2) is 60.7 Å². The molecule has 0 saturated carbocycles. The lowest BCUT2D eigenvalue weighted by atomic mass is 9.73. The van der Waals surface area contributed by atoms with Crippen LogP contribution in [0.2, 0.25) is 5.04 Å². The second-order valence-corrected chi connectivity index (χ2v) is 16.8. The Morgan fingerprint density at radius 3 is 1.98 bits per heavy atom. The molecule has 0 aliphatic carbocycles. The Hall–Kier alpha value is -2.56. The molecule has 0 aromatic heterocycles. The van der Waals surface area contributed by atoms with Gasteiger partial charge in [0, 0.05) is 19.4 Å². The zero-order chi connectivity index (χ0) is 30.4. The van der Waals surface area contributed by atoms with Gasteiger partial charge in [-0.15, -0.1) is 0 Å². The maximum atomic E-state index is 12.5. The van der Waals surface area contributed by atoms with Crippen molar-refractivity contribution in [2.45, 2.75) is 94.2 Å². The number of ether oxygens (including phenoxy) is 4. The molecule has 2 heterocycles. The van der Waals surface area contributed by atoms with Gasteiger partial charge >= 0.3 is 11.9 Å². The highest BCUT2D eigenvalue weighted by Gasteiger charge is 2.64. The van der Waals surface area contributed by atoms with E-state index in [2.05, 4.69) is 69.3 Å². The van der Waals surface area contributed by atoms with Gasteiger partial charge < -0.3 is 28.5 Å². The van der Waals surface area contributed by atoms with Crippen molar-refractivity contribution in [1.29, 1.82) is 0 Å². The summed E-state index contributed by atoms with van der Waals surface area (Å²) in [5.74, 6) is -0.744. The maximum absolute atomic E-state index is 12.5. The van der Waals surface area contributed by atoms with E-state index in [0.717, 1.165) is 0 Å². The Labute approximate surface area is 250 Å². The van der Waals surface area contributed by atoms with Gasteiger partial charge in [-0.05, 0) is 41.1 Å². The first-order valence-electron chi connectivity index (χ1n) is 14.9. The Morgan fingerprint density at radius 1 is 0.881 bits per heavy atom. The summed E-state index contributed by atoms with van der Waals surface area (Å²) in [7, 11) is 0.000838. The monoisotopic (exact) mass is 598 g/mol. The third kappa shape index (κ3) is 6.35. The Morgan fingerprint density at radius 2 is 1.45 bits per heavy atom. The molecule has 2 aromatic carbocycles. The van der Waals surface area contributed by atoms with Gasteiger partial charge in [-0.1, -0.05) is 81.4 Å². The molecular formula is C33H46O8Si. The molecule has 4 atom stereocenters. The molecule has 1 N–H and O–H groups in total. The third-order valence-electron chi connectivity index (χ3n) is 9.03. The standard InChI is InChI=1S/C33H46O8Si/c1-31(2,3)42(27-12-8-6-9-13-27,28-14-10-7-11-15-28)39-21-19-25-18-20-32(23-30(36)38-5)33(24-34,40-25)22-26(41-32)16-17-29(35)37-4/h6-15,25-26,34H,16-24H2,1-5H3. The average molecular weight is 599 g/mol. The molecule has 9 heteroatoms. The van der Waals surface area contributed by atoms with Crippen molar-refractivity contribution in [2.24, 2.45) is 0 Å². The van der Waals surface area contributed by atoms with Crippen molar-refractivity contribution >= 4 is 30.6 Å². The fourth-order valence-electron chi connectivity index (χ4n) is 6.93. The summed E-state index contributed by atoms with van der Waals surface area (Å²) < 4.78 is 30.1. The van der Waals surface area contributed by atoms with Crippen LogP contribution >= 0.6 is 0 Å². The van der Waals surface area contributed by atoms with Gasteiger partial charge in [-0.2, -0.15) is 0 Å². The van der Waals surface area contributed by atoms with Crippen LogP contribution in [-0.4, -0.2) is 76.2 Å². The summed E-state index contributed by atoms with van der Waals surface area (Å²) in [6.45, 7) is 6.94. The number of methoxy groups -OCH3 is 2. The first kappa shape index (κ1) is 32.4. The summed E-state index contributed by atoms with van der Waals surface area (Å²) in [6.07, 6.45) is 2.22. The quantitative estimate of drug-likeness (QED) is 0.290. The van der Waals surface area contributed by atoms with Crippen LogP contribution in [0.1, 0.15) is 65.7 Å². The summed E-state index contributed by atoms with van der Waals surface area (Å²) in [5.41, 5.74) is -2.10. The molecule has 2 aromatic rings. The van der Waals surface area contributed by atoms with E-state index in [1.807, 2.05) is 12.1 Å². The van der Waals surface area contributed by atoms with Gasteiger partial charge in [0.15, 0.2) is 0 Å². The molecule has 8 nitrogen and oxygen atoms in total. The van der Waals surface area contributed by atoms with Gasteiger partial charge in [0.1, 0.15) is 11.2 Å². The number of benzene rings is 2. The number of carbonyl (C=O) groups excluding carboxylic acids is 2. The first-order chi connectivity index (χ1) is 20.0. The van der Waals surface area contributed by atoms with Crippen molar-refractivity contribution in [3.63, 3.8) is 0 Å². The van der Waals surface area contributed by atoms with E-state index >= 15 is 0 Å². The number of aliphatic hydroxyl groups excluding tert-OH is 1. The fourth-order valence-corrected chi connectivity index (χ4v) is 11.5. The molecule has 2 saturated heterocycles. The van der Waals surface area contributed by atoms with Gasteiger partial charge in [0.2, 0.25) is 0 Å². The van der Waals surface area contributed by atoms with Crippen LogP contribution in [0, 0.1) is 0 Å². The number of fused-ring (bicyclic) bond motifs is 1. The Kier molecular flexibility index (Phi) is 10.3. The van der Waals surface area contributed by atoms with E-state index in [-0.39, 0.29) is 42.7 Å². The minimum Gasteiger partial charge on any atom is -0.469 e. The van der Waals surface area contributed by atoms with Gasteiger partial charge in [0.25, 0.3) is 8.32 Å². The second-order valence-electron chi connectivity index (χ2n) is 12.5. The lowest BCUT2D eigenvalue weighted by Gasteiger charge is -2.49. The third-order valence-corrected chi connectivity index (χ3v) is 14.1. The van der Waals surface area contributed by atoms with Gasteiger partial charge in [-0.25, -0.2) is 0 Å². The summed E-state index contributed by atoms with van der Waals surface area (Å²) in [5, 5.41) is 13.0. The molecular weight excluding hydrogens is 552 g/mol. The van der Waals surface area contributed by atoms with Crippen LogP contribution in [-0.2, 0) is 33.0 Å². The predicted octanol–water partition coefficient (Wildman–Crippen LogP) is 3.91. The van der Waals surface area contributed by atoms with Crippen LogP contribution in [0.5, 0.6) is 0 Å². The molecule has 2 aliphatic rings. The molecule has 2 fully saturated rings. The number of aliphatic hydroxyl groups is 1.